The van der Waals surface area contributed by atoms with E-state index in [2.05, 4.69) is 22.8 Å². The van der Waals surface area contributed by atoms with Gasteiger partial charge in [0.25, 0.3) is 0 Å². The zero-order chi connectivity index (χ0) is 7.94. The molecule has 1 aromatic heterocycles. The molecule has 2 nitrogen and oxygen atoms in total. The predicted molar refractivity (Wildman–Crippen MR) is 49.7 cm³/mol. The maximum Gasteiger partial charge on any atom is 0.0299 e. The standard InChI is InChI=1S/C8H14N2S/c9-4-2-5-10-7-8-3-1-6-11-8/h1,3,6,10H,2,4-5,7,9H2. The van der Waals surface area contributed by atoms with E-state index in [9.17, 15) is 0 Å². The van der Waals surface area contributed by atoms with Crippen LogP contribution >= 0.6 is 11.3 Å². The van der Waals surface area contributed by atoms with Crippen LogP contribution in [0.5, 0.6) is 0 Å². The SMILES string of the molecule is NCCCNCc1cccs1. The molecular weight excluding hydrogens is 156 g/mol. The molecule has 0 radical (unpaired) electrons. The van der Waals surface area contributed by atoms with Crippen LogP contribution in [0.2, 0.25) is 0 Å². The Morgan fingerprint density at radius 2 is 2.45 bits per heavy atom. The van der Waals surface area contributed by atoms with Gasteiger partial charge in [0, 0.05) is 11.4 Å². The molecule has 3 N–H and O–H groups in total. The average molecular weight is 170 g/mol. The normalized spacial score (nSPS) is 10.3. The third-order valence-corrected chi connectivity index (χ3v) is 2.31. The molecule has 0 unspecified atom stereocenters. The van der Waals surface area contributed by atoms with Crippen molar-refractivity contribution in [1.82, 2.24) is 5.32 Å². The summed E-state index contributed by atoms with van der Waals surface area (Å²) in [6, 6.07) is 4.21. The molecule has 62 valence electrons. The average Bonchev–Trinajstić information content (AvgIpc) is 2.50. The van der Waals surface area contributed by atoms with Crippen LogP contribution in [0.15, 0.2) is 17.5 Å². The summed E-state index contributed by atoms with van der Waals surface area (Å²) in [5.74, 6) is 0. The summed E-state index contributed by atoms with van der Waals surface area (Å²) in [6.07, 6.45) is 1.06. The Balaban J connectivity index is 2.04. The van der Waals surface area contributed by atoms with E-state index in [1.165, 1.54) is 4.88 Å². The minimum absolute atomic E-state index is 0.775. The Morgan fingerprint density at radius 1 is 1.55 bits per heavy atom. The lowest BCUT2D eigenvalue weighted by atomic mass is 10.4. The Bertz CT molecular complexity index is 172. The molecule has 3 heteroatoms. The minimum Gasteiger partial charge on any atom is -0.330 e. The minimum atomic E-state index is 0.775. The fourth-order valence-electron chi connectivity index (χ4n) is 0.852. The van der Waals surface area contributed by atoms with Gasteiger partial charge in [-0.25, -0.2) is 0 Å². The van der Waals surface area contributed by atoms with Gasteiger partial charge in [0.15, 0.2) is 0 Å². The molecular formula is C8H14N2S. The van der Waals surface area contributed by atoms with Gasteiger partial charge in [0.2, 0.25) is 0 Å². The van der Waals surface area contributed by atoms with E-state index in [0.717, 1.165) is 26.1 Å². The Labute approximate surface area is 71.4 Å². The lowest BCUT2D eigenvalue weighted by Crippen LogP contribution is -2.16. The van der Waals surface area contributed by atoms with Gasteiger partial charge in [-0.05, 0) is 31.0 Å². The molecule has 0 saturated heterocycles. The molecule has 1 rings (SSSR count). The summed E-state index contributed by atoms with van der Waals surface area (Å²) in [7, 11) is 0. The summed E-state index contributed by atoms with van der Waals surface area (Å²) in [4.78, 5) is 1.39. The molecule has 0 atom stereocenters. The summed E-state index contributed by atoms with van der Waals surface area (Å²) < 4.78 is 0. The van der Waals surface area contributed by atoms with Crippen molar-refractivity contribution >= 4 is 11.3 Å². The molecule has 0 aliphatic heterocycles. The van der Waals surface area contributed by atoms with Crippen LogP contribution in [-0.2, 0) is 6.54 Å². The first-order valence-electron chi connectivity index (χ1n) is 3.86. The molecule has 1 heterocycles. The first kappa shape index (κ1) is 8.71. The first-order chi connectivity index (χ1) is 5.43. The van der Waals surface area contributed by atoms with Gasteiger partial charge in [0.05, 0.1) is 0 Å². The van der Waals surface area contributed by atoms with Crippen molar-refractivity contribution in [2.75, 3.05) is 13.1 Å². The van der Waals surface area contributed by atoms with Crippen LogP contribution in [-0.4, -0.2) is 13.1 Å². The quantitative estimate of drug-likeness (QED) is 0.651. The first-order valence-corrected chi connectivity index (χ1v) is 4.74. The summed E-state index contributed by atoms with van der Waals surface area (Å²) in [6.45, 7) is 2.78. The molecule has 11 heavy (non-hydrogen) atoms. The highest BCUT2D eigenvalue weighted by Crippen LogP contribution is 2.06. The van der Waals surface area contributed by atoms with E-state index >= 15 is 0 Å². The van der Waals surface area contributed by atoms with Crippen molar-refractivity contribution in [3.63, 3.8) is 0 Å². The van der Waals surface area contributed by atoms with Gasteiger partial charge < -0.3 is 11.1 Å². The molecule has 0 amide bonds. The third-order valence-electron chi connectivity index (χ3n) is 1.44. The second kappa shape index (κ2) is 5.29. The van der Waals surface area contributed by atoms with Crippen molar-refractivity contribution in [1.29, 1.82) is 0 Å². The van der Waals surface area contributed by atoms with E-state index < -0.39 is 0 Å². The van der Waals surface area contributed by atoms with Crippen LogP contribution in [0, 0.1) is 0 Å². The van der Waals surface area contributed by atoms with Gasteiger partial charge in [-0.3, -0.25) is 0 Å². The molecule has 0 bridgehead atoms. The van der Waals surface area contributed by atoms with Crippen LogP contribution in [0.25, 0.3) is 0 Å². The molecule has 1 aromatic rings. The zero-order valence-electron chi connectivity index (χ0n) is 6.55. The van der Waals surface area contributed by atoms with Crippen molar-refractivity contribution in [3.05, 3.63) is 22.4 Å². The van der Waals surface area contributed by atoms with Crippen LogP contribution in [0.1, 0.15) is 11.3 Å². The fourth-order valence-corrected chi connectivity index (χ4v) is 1.53. The fraction of sp³-hybridized carbons (Fsp3) is 0.500. The maximum atomic E-state index is 5.35. The summed E-state index contributed by atoms with van der Waals surface area (Å²) in [5.41, 5.74) is 5.35. The predicted octanol–water partition coefficient (Wildman–Crippen LogP) is 1.19. The number of hydrogen-bond donors (Lipinski definition) is 2. The maximum absolute atomic E-state index is 5.35. The monoisotopic (exact) mass is 170 g/mol. The van der Waals surface area contributed by atoms with Crippen molar-refractivity contribution in [2.24, 2.45) is 5.73 Å². The van der Waals surface area contributed by atoms with Crippen molar-refractivity contribution < 1.29 is 0 Å². The van der Waals surface area contributed by atoms with E-state index in [-0.39, 0.29) is 0 Å². The van der Waals surface area contributed by atoms with Crippen LogP contribution in [0.4, 0.5) is 0 Å². The van der Waals surface area contributed by atoms with Gasteiger partial charge in [-0.15, -0.1) is 11.3 Å². The highest BCUT2D eigenvalue weighted by atomic mass is 32.1. The topological polar surface area (TPSA) is 38.0 Å². The second-order valence-electron chi connectivity index (χ2n) is 2.40. The highest BCUT2D eigenvalue weighted by Gasteiger charge is 1.90. The van der Waals surface area contributed by atoms with E-state index in [1.54, 1.807) is 11.3 Å². The lowest BCUT2D eigenvalue weighted by molar-refractivity contribution is 0.660. The molecule has 0 saturated carbocycles. The van der Waals surface area contributed by atoms with Gasteiger partial charge >= 0.3 is 0 Å². The van der Waals surface area contributed by atoms with Crippen LogP contribution < -0.4 is 11.1 Å². The number of rotatable bonds is 5. The third kappa shape index (κ3) is 3.51. The second-order valence-corrected chi connectivity index (χ2v) is 3.43. The number of thiophene rings is 1. The van der Waals surface area contributed by atoms with Gasteiger partial charge in [-0.1, -0.05) is 6.07 Å². The lowest BCUT2D eigenvalue weighted by Gasteiger charge is -1.99. The number of nitrogens with one attached hydrogen (secondary N) is 1. The number of nitrogens with two attached hydrogens (primary N) is 1. The van der Waals surface area contributed by atoms with E-state index in [1.807, 2.05) is 0 Å². The number of hydrogen-bond acceptors (Lipinski definition) is 3. The van der Waals surface area contributed by atoms with Gasteiger partial charge in [0.1, 0.15) is 0 Å². The van der Waals surface area contributed by atoms with Crippen molar-refractivity contribution in [2.45, 2.75) is 13.0 Å². The molecule has 0 spiro atoms. The van der Waals surface area contributed by atoms with E-state index in [4.69, 9.17) is 5.73 Å². The van der Waals surface area contributed by atoms with Crippen LogP contribution in [0.3, 0.4) is 0 Å². The Kier molecular flexibility index (Phi) is 4.19. The summed E-state index contributed by atoms with van der Waals surface area (Å²) in [5, 5.41) is 5.42. The Hall–Kier alpha value is -0.380. The molecule has 0 aromatic carbocycles. The molecule has 0 aliphatic rings. The van der Waals surface area contributed by atoms with Gasteiger partial charge in [-0.2, -0.15) is 0 Å². The largest absolute Gasteiger partial charge is 0.330 e. The zero-order valence-corrected chi connectivity index (χ0v) is 7.36. The van der Waals surface area contributed by atoms with E-state index in [0.29, 0.717) is 0 Å². The highest BCUT2D eigenvalue weighted by molar-refractivity contribution is 7.09. The molecule has 0 aliphatic carbocycles. The summed E-state index contributed by atoms with van der Waals surface area (Å²) >= 11 is 1.79. The molecule has 0 fully saturated rings. The smallest absolute Gasteiger partial charge is 0.0299 e. The Morgan fingerprint density at radius 3 is 3.09 bits per heavy atom. The van der Waals surface area contributed by atoms with Crippen molar-refractivity contribution in [3.8, 4) is 0 Å².